The van der Waals surface area contributed by atoms with Crippen LogP contribution in [0.15, 0.2) is 29.2 Å². The molecule has 1 atom stereocenters. The van der Waals surface area contributed by atoms with Crippen LogP contribution >= 0.6 is 11.8 Å². The standard InChI is InChI=1S/C13H20FNS/c1-3-16-13-7-5-12(6-8-13)11(2)15-10-4-9-14/h5-8,11,15H,3-4,9-10H2,1-2H3. The van der Waals surface area contributed by atoms with Gasteiger partial charge in [-0.1, -0.05) is 19.1 Å². The normalized spacial score (nSPS) is 12.7. The molecule has 1 aromatic carbocycles. The van der Waals surface area contributed by atoms with Gasteiger partial charge in [0.1, 0.15) is 0 Å². The summed E-state index contributed by atoms with van der Waals surface area (Å²) in [6.07, 6.45) is 0.591. The molecule has 0 fully saturated rings. The van der Waals surface area contributed by atoms with E-state index in [4.69, 9.17) is 0 Å². The predicted molar refractivity (Wildman–Crippen MR) is 69.8 cm³/mol. The fraction of sp³-hybridized carbons (Fsp3) is 0.538. The smallest absolute Gasteiger partial charge is 0.0906 e. The van der Waals surface area contributed by atoms with Crippen LogP contribution in [0, 0.1) is 0 Å². The van der Waals surface area contributed by atoms with Gasteiger partial charge in [-0.05, 0) is 43.3 Å². The fourth-order valence-corrected chi connectivity index (χ4v) is 2.18. The summed E-state index contributed by atoms with van der Waals surface area (Å²) in [4.78, 5) is 1.31. The van der Waals surface area contributed by atoms with E-state index < -0.39 is 0 Å². The Labute approximate surface area is 102 Å². The van der Waals surface area contributed by atoms with Crippen LogP contribution in [0.25, 0.3) is 0 Å². The molecule has 0 saturated heterocycles. The van der Waals surface area contributed by atoms with Gasteiger partial charge in [0, 0.05) is 10.9 Å². The van der Waals surface area contributed by atoms with Gasteiger partial charge in [0.2, 0.25) is 0 Å². The average Bonchev–Trinajstić information content (AvgIpc) is 2.30. The first-order valence-electron chi connectivity index (χ1n) is 5.80. The van der Waals surface area contributed by atoms with Gasteiger partial charge in [-0.3, -0.25) is 4.39 Å². The molecule has 0 aliphatic heterocycles. The van der Waals surface area contributed by atoms with E-state index in [1.165, 1.54) is 10.5 Å². The maximum absolute atomic E-state index is 11.9. The van der Waals surface area contributed by atoms with Gasteiger partial charge in [0.25, 0.3) is 0 Å². The van der Waals surface area contributed by atoms with Crippen molar-refractivity contribution in [3.05, 3.63) is 29.8 Å². The van der Waals surface area contributed by atoms with Crippen molar-refractivity contribution >= 4 is 11.8 Å². The van der Waals surface area contributed by atoms with Crippen LogP contribution in [-0.4, -0.2) is 19.0 Å². The Morgan fingerprint density at radius 1 is 1.31 bits per heavy atom. The lowest BCUT2D eigenvalue weighted by molar-refractivity contribution is 0.446. The van der Waals surface area contributed by atoms with E-state index in [9.17, 15) is 4.39 Å². The molecule has 1 unspecified atom stereocenters. The van der Waals surface area contributed by atoms with Crippen molar-refractivity contribution in [2.24, 2.45) is 0 Å². The number of benzene rings is 1. The molecule has 1 nitrogen and oxygen atoms in total. The average molecular weight is 241 g/mol. The lowest BCUT2D eigenvalue weighted by Gasteiger charge is -2.14. The summed E-state index contributed by atoms with van der Waals surface area (Å²) in [5, 5.41) is 3.30. The number of hydrogen-bond donors (Lipinski definition) is 1. The Bertz CT molecular complexity index is 286. The van der Waals surface area contributed by atoms with Crippen molar-refractivity contribution in [2.45, 2.75) is 31.2 Å². The molecule has 0 aromatic heterocycles. The van der Waals surface area contributed by atoms with Crippen molar-refractivity contribution in [3.8, 4) is 0 Å². The van der Waals surface area contributed by atoms with Gasteiger partial charge in [0.15, 0.2) is 0 Å². The molecule has 16 heavy (non-hydrogen) atoms. The maximum Gasteiger partial charge on any atom is 0.0906 e. The molecule has 0 saturated carbocycles. The van der Waals surface area contributed by atoms with Gasteiger partial charge < -0.3 is 5.32 Å². The summed E-state index contributed by atoms with van der Waals surface area (Å²) in [7, 11) is 0. The van der Waals surface area contributed by atoms with Crippen LogP contribution in [0.3, 0.4) is 0 Å². The zero-order valence-electron chi connectivity index (χ0n) is 10.0. The van der Waals surface area contributed by atoms with Gasteiger partial charge in [0.05, 0.1) is 6.67 Å². The van der Waals surface area contributed by atoms with Crippen molar-refractivity contribution in [2.75, 3.05) is 19.0 Å². The second kappa shape index (κ2) is 7.69. The number of alkyl halides is 1. The molecule has 0 amide bonds. The number of thioether (sulfide) groups is 1. The highest BCUT2D eigenvalue weighted by molar-refractivity contribution is 7.99. The molecule has 0 spiro atoms. The fourth-order valence-electron chi connectivity index (χ4n) is 1.52. The van der Waals surface area contributed by atoms with Crippen LogP contribution in [0.5, 0.6) is 0 Å². The zero-order chi connectivity index (χ0) is 11.8. The molecule has 0 bridgehead atoms. The van der Waals surface area contributed by atoms with Crippen LogP contribution in [-0.2, 0) is 0 Å². The van der Waals surface area contributed by atoms with E-state index in [1.807, 2.05) is 11.8 Å². The Kier molecular flexibility index (Phi) is 6.50. The Balaban J connectivity index is 2.46. The molecule has 0 radical (unpaired) electrons. The third kappa shape index (κ3) is 4.54. The van der Waals surface area contributed by atoms with E-state index in [0.717, 1.165) is 12.3 Å². The molecule has 0 aliphatic carbocycles. The van der Waals surface area contributed by atoms with E-state index in [0.29, 0.717) is 12.5 Å². The van der Waals surface area contributed by atoms with Crippen molar-refractivity contribution in [1.82, 2.24) is 5.32 Å². The van der Waals surface area contributed by atoms with E-state index in [1.54, 1.807) is 0 Å². The third-order valence-corrected chi connectivity index (χ3v) is 3.35. The van der Waals surface area contributed by atoms with E-state index >= 15 is 0 Å². The minimum absolute atomic E-state index is 0.244. The predicted octanol–water partition coefficient (Wildman–Crippen LogP) is 3.81. The van der Waals surface area contributed by atoms with Crippen LogP contribution in [0.1, 0.15) is 31.9 Å². The Hall–Kier alpha value is -0.540. The molecule has 1 N–H and O–H groups in total. The van der Waals surface area contributed by atoms with Gasteiger partial charge in [-0.25, -0.2) is 0 Å². The minimum atomic E-state index is -0.244. The highest BCUT2D eigenvalue weighted by Gasteiger charge is 2.03. The third-order valence-electron chi connectivity index (χ3n) is 2.45. The van der Waals surface area contributed by atoms with Crippen LogP contribution in [0.2, 0.25) is 0 Å². The summed E-state index contributed by atoms with van der Waals surface area (Å²) >= 11 is 1.85. The SMILES string of the molecule is CCSc1ccc(C(C)NCCCF)cc1. The lowest BCUT2D eigenvalue weighted by atomic mass is 10.1. The van der Waals surface area contributed by atoms with Crippen molar-refractivity contribution < 1.29 is 4.39 Å². The molecular formula is C13H20FNS. The lowest BCUT2D eigenvalue weighted by Crippen LogP contribution is -2.20. The summed E-state index contributed by atoms with van der Waals surface area (Å²) < 4.78 is 11.9. The highest BCUT2D eigenvalue weighted by Crippen LogP contribution is 2.20. The molecule has 0 heterocycles. The summed E-state index contributed by atoms with van der Waals surface area (Å²) in [5.41, 5.74) is 1.26. The van der Waals surface area contributed by atoms with Crippen LogP contribution in [0.4, 0.5) is 4.39 Å². The van der Waals surface area contributed by atoms with Crippen molar-refractivity contribution in [3.63, 3.8) is 0 Å². The zero-order valence-corrected chi connectivity index (χ0v) is 10.8. The molecule has 1 rings (SSSR count). The summed E-state index contributed by atoms with van der Waals surface area (Å²) in [6.45, 7) is 4.76. The second-order valence-electron chi connectivity index (χ2n) is 3.72. The molecule has 1 aromatic rings. The number of hydrogen-bond acceptors (Lipinski definition) is 2. The Morgan fingerprint density at radius 2 is 2.00 bits per heavy atom. The summed E-state index contributed by atoms with van der Waals surface area (Å²) in [5.74, 6) is 1.10. The first kappa shape index (κ1) is 13.5. The van der Waals surface area contributed by atoms with E-state index in [-0.39, 0.29) is 6.67 Å². The highest BCUT2D eigenvalue weighted by atomic mass is 32.2. The number of halogens is 1. The summed E-state index contributed by atoms with van der Waals surface area (Å²) in [6, 6.07) is 8.89. The van der Waals surface area contributed by atoms with Gasteiger partial charge in [-0.15, -0.1) is 11.8 Å². The quantitative estimate of drug-likeness (QED) is 0.575. The molecule has 90 valence electrons. The van der Waals surface area contributed by atoms with Crippen molar-refractivity contribution in [1.29, 1.82) is 0 Å². The maximum atomic E-state index is 11.9. The first-order valence-corrected chi connectivity index (χ1v) is 6.78. The second-order valence-corrected chi connectivity index (χ2v) is 5.06. The molecule has 0 aliphatic rings. The Morgan fingerprint density at radius 3 is 2.56 bits per heavy atom. The van der Waals surface area contributed by atoms with E-state index in [2.05, 4.69) is 43.4 Å². The molecular weight excluding hydrogens is 221 g/mol. The first-order chi connectivity index (χ1) is 7.77. The van der Waals surface area contributed by atoms with Gasteiger partial charge >= 0.3 is 0 Å². The monoisotopic (exact) mass is 241 g/mol. The minimum Gasteiger partial charge on any atom is -0.310 e. The van der Waals surface area contributed by atoms with Crippen LogP contribution < -0.4 is 5.32 Å². The largest absolute Gasteiger partial charge is 0.310 e. The van der Waals surface area contributed by atoms with Gasteiger partial charge in [-0.2, -0.15) is 0 Å². The number of nitrogens with one attached hydrogen (secondary N) is 1. The topological polar surface area (TPSA) is 12.0 Å². The molecule has 3 heteroatoms. The number of rotatable bonds is 7.